The van der Waals surface area contributed by atoms with E-state index in [4.69, 9.17) is 4.74 Å². The molecule has 190 valence electrons. The number of hydrogen-bond donors (Lipinski definition) is 1. The summed E-state index contributed by atoms with van der Waals surface area (Å²) in [7, 11) is 1.55. The Labute approximate surface area is 205 Å². The van der Waals surface area contributed by atoms with Crippen LogP contribution in [-0.4, -0.2) is 53.8 Å². The average Bonchev–Trinajstić information content (AvgIpc) is 3.41. The summed E-state index contributed by atoms with van der Waals surface area (Å²) < 4.78 is 46.1. The molecule has 1 aromatic heterocycles. The molecule has 1 aliphatic heterocycles. The molecular formula is C24H28F3N3O4S. The summed E-state index contributed by atoms with van der Waals surface area (Å²) >= 11 is 0.465. The molecule has 0 saturated carbocycles. The fraction of sp³-hybridized carbons (Fsp3) is 0.500. The number of nitrogens with one attached hydrogen (secondary N) is 1. The van der Waals surface area contributed by atoms with E-state index in [2.05, 4.69) is 10.3 Å². The molecule has 0 aliphatic carbocycles. The molecule has 11 heteroatoms. The van der Waals surface area contributed by atoms with Crippen molar-refractivity contribution in [1.29, 1.82) is 0 Å². The maximum atomic E-state index is 13.6. The molecule has 2 amide bonds. The van der Waals surface area contributed by atoms with Crippen molar-refractivity contribution in [2.24, 2.45) is 5.41 Å². The number of likely N-dealkylation sites (tertiary alicyclic amines) is 1. The van der Waals surface area contributed by atoms with Crippen molar-refractivity contribution >= 4 is 34.1 Å². The second-order valence-electron chi connectivity index (χ2n) is 9.24. The summed E-state index contributed by atoms with van der Waals surface area (Å²) in [4.78, 5) is 43.2. The molecule has 1 aliphatic rings. The van der Waals surface area contributed by atoms with Gasteiger partial charge in [0.15, 0.2) is 10.8 Å². The second kappa shape index (κ2) is 10.4. The number of thiazole rings is 1. The summed E-state index contributed by atoms with van der Waals surface area (Å²) in [5.74, 6) is -1.72. The Morgan fingerprint density at radius 1 is 1.20 bits per heavy atom. The van der Waals surface area contributed by atoms with Gasteiger partial charge in [0.05, 0.1) is 18.1 Å². The van der Waals surface area contributed by atoms with Crippen molar-refractivity contribution in [1.82, 2.24) is 9.88 Å². The van der Waals surface area contributed by atoms with E-state index in [1.807, 2.05) is 0 Å². The van der Waals surface area contributed by atoms with Gasteiger partial charge in [0, 0.05) is 25.6 Å². The number of rotatable bonds is 8. The molecule has 0 unspecified atom stereocenters. The number of aryl methyl sites for hydroxylation is 1. The number of hydrogen-bond acceptors (Lipinski definition) is 6. The number of halogens is 3. The third-order valence-corrected chi connectivity index (χ3v) is 6.87. The van der Waals surface area contributed by atoms with Crippen molar-refractivity contribution in [3.63, 3.8) is 0 Å². The van der Waals surface area contributed by atoms with Crippen LogP contribution in [0.4, 0.5) is 18.3 Å². The van der Waals surface area contributed by atoms with Crippen LogP contribution in [0.2, 0.25) is 0 Å². The maximum Gasteiger partial charge on any atom is 0.435 e. The minimum absolute atomic E-state index is 0.0602. The number of nitrogens with zero attached hydrogens (tertiary/aromatic N) is 2. The summed E-state index contributed by atoms with van der Waals surface area (Å²) in [5, 5.41) is 2.03. The van der Waals surface area contributed by atoms with Gasteiger partial charge in [0.1, 0.15) is 4.88 Å². The van der Waals surface area contributed by atoms with Gasteiger partial charge in [-0.3, -0.25) is 14.4 Å². The van der Waals surface area contributed by atoms with Crippen molar-refractivity contribution in [2.45, 2.75) is 52.3 Å². The average molecular weight is 512 g/mol. The van der Waals surface area contributed by atoms with E-state index >= 15 is 0 Å². The molecule has 35 heavy (non-hydrogen) atoms. The first-order chi connectivity index (χ1) is 16.3. The highest BCUT2D eigenvalue weighted by Gasteiger charge is 2.41. The second-order valence-corrected chi connectivity index (χ2v) is 10.2. The third kappa shape index (κ3) is 6.26. The molecule has 7 nitrogen and oxygen atoms in total. The van der Waals surface area contributed by atoms with E-state index in [9.17, 15) is 27.6 Å². The maximum absolute atomic E-state index is 13.6. The van der Waals surface area contributed by atoms with Gasteiger partial charge in [-0.05, 0) is 19.8 Å². The standard InChI is InChI=1S/C24H28F3N3O4S/c1-14-7-9-15(10-8-14)18(32)19-20(24(25,26)27)28-22(35-19)29-21(33)23(2,3)12-17(31)30-11-5-6-16(30)13-34-4/h7-10,16H,5-6,11-13H2,1-4H3,(H,28,29,33)/t16-/m0/s1. The van der Waals surface area contributed by atoms with Gasteiger partial charge in [-0.15, -0.1) is 0 Å². The van der Waals surface area contributed by atoms with Crippen LogP contribution >= 0.6 is 11.3 Å². The molecule has 1 atom stereocenters. The summed E-state index contributed by atoms with van der Waals surface area (Å²) in [6.07, 6.45) is -3.37. The smallest absolute Gasteiger partial charge is 0.383 e. The molecule has 2 heterocycles. The Hall–Kier alpha value is -2.79. The van der Waals surface area contributed by atoms with Gasteiger partial charge in [0.25, 0.3) is 0 Å². The van der Waals surface area contributed by atoms with Gasteiger partial charge < -0.3 is 15.0 Å². The minimum Gasteiger partial charge on any atom is -0.383 e. The number of methoxy groups -OCH3 is 1. The number of aromatic nitrogens is 1. The highest BCUT2D eigenvalue weighted by molar-refractivity contribution is 7.18. The monoisotopic (exact) mass is 511 g/mol. The largest absolute Gasteiger partial charge is 0.435 e. The van der Waals surface area contributed by atoms with Gasteiger partial charge in [-0.25, -0.2) is 4.98 Å². The number of ether oxygens (including phenoxy) is 1. The molecule has 2 aromatic rings. The number of alkyl halides is 3. The summed E-state index contributed by atoms with van der Waals surface area (Å²) in [6.45, 7) is 5.84. The van der Waals surface area contributed by atoms with Crippen LogP contribution in [0.25, 0.3) is 0 Å². The van der Waals surface area contributed by atoms with E-state index in [-0.39, 0.29) is 29.1 Å². The van der Waals surface area contributed by atoms with Crippen LogP contribution in [0.15, 0.2) is 24.3 Å². The van der Waals surface area contributed by atoms with Crippen LogP contribution in [0.3, 0.4) is 0 Å². The quantitative estimate of drug-likeness (QED) is 0.520. The molecule has 1 aromatic carbocycles. The highest BCUT2D eigenvalue weighted by atomic mass is 32.1. The lowest BCUT2D eigenvalue weighted by atomic mass is 9.87. The Morgan fingerprint density at radius 3 is 2.46 bits per heavy atom. The van der Waals surface area contributed by atoms with Crippen LogP contribution in [0.1, 0.15) is 59.6 Å². The molecule has 0 bridgehead atoms. The molecular weight excluding hydrogens is 483 g/mol. The Kier molecular flexibility index (Phi) is 8.00. The first kappa shape index (κ1) is 26.8. The zero-order valence-electron chi connectivity index (χ0n) is 20.0. The van der Waals surface area contributed by atoms with Crippen LogP contribution in [0.5, 0.6) is 0 Å². The number of benzene rings is 1. The van der Waals surface area contributed by atoms with Crippen LogP contribution in [-0.2, 0) is 20.5 Å². The summed E-state index contributed by atoms with van der Waals surface area (Å²) in [6, 6.07) is 6.08. The SMILES string of the molecule is COC[C@@H]1CCCN1C(=O)CC(C)(C)C(=O)Nc1nc(C(F)(F)F)c(C(=O)c2ccc(C)cc2)s1. The fourth-order valence-corrected chi connectivity index (χ4v) is 4.85. The third-order valence-electron chi connectivity index (χ3n) is 5.90. The zero-order valence-corrected chi connectivity index (χ0v) is 20.8. The first-order valence-electron chi connectivity index (χ1n) is 11.1. The van der Waals surface area contributed by atoms with Gasteiger partial charge in [-0.2, -0.15) is 13.2 Å². The summed E-state index contributed by atoms with van der Waals surface area (Å²) in [5.41, 5.74) is -1.63. The Bertz CT molecular complexity index is 1100. The zero-order chi connectivity index (χ0) is 26.0. The van der Waals surface area contributed by atoms with E-state index in [1.165, 1.54) is 26.0 Å². The molecule has 1 fully saturated rings. The topological polar surface area (TPSA) is 88.6 Å². The Balaban J connectivity index is 1.78. The van der Waals surface area contributed by atoms with E-state index in [0.717, 1.165) is 18.4 Å². The lowest BCUT2D eigenvalue weighted by Crippen LogP contribution is -2.42. The number of carbonyl (C=O) groups is 3. The fourth-order valence-electron chi connectivity index (χ4n) is 3.91. The normalized spacial score (nSPS) is 16.4. The predicted octanol–water partition coefficient (Wildman–Crippen LogP) is 4.69. The van der Waals surface area contributed by atoms with Gasteiger partial charge in [-0.1, -0.05) is 55.0 Å². The number of amides is 2. The molecule has 0 radical (unpaired) electrons. The lowest BCUT2D eigenvalue weighted by molar-refractivity contribution is -0.141. The number of ketones is 1. The molecule has 1 N–H and O–H groups in total. The number of carbonyl (C=O) groups excluding carboxylic acids is 3. The van der Waals surface area contributed by atoms with Gasteiger partial charge in [0.2, 0.25) is 17.6 Å². The highest BCUT2D eigenvalue weighted by Crippen LogP contribution is 2.38. The lowest BCUT2D eigenvalue weighted by Gasteiger charge is -2.29. The Morgan fingerprint density at radius 2 is 1.86 bits per heavy atom. The van der Waals surface area contributed by atoms with Crippen LogP contribution in [0, 0.1) is 12.3 Å². The predicted molar refractivity (Wildman–Crippen MR) is 125 cm³/mol. The van der Waals surface area contributed by atoms with Crippen LogP contribution < -0.4 is 5.32 Å². The van der Waals surface area contributed by atoms with Crippen molar-refractivity contribution in [2.75, 3.05) is 25.6 Å². The van der Waals surface area contributed by atoms with Gasteiger partial charge >= 0.3 is 6.18 Å². The number of anilines is 1. The van der Waals surface area contributed by atoms with E-state index < -0.39 is 33.9 Å². The first-order valence-corrected chi connectivity index (χ1v) is 11.9. The van der Waals surface area contributed by atoms with Crippen molar-refractivity contribution in [3.05, 3.63) is 46.0 Å². The molecule has 1 saturated heterocycles. The van der Waals surface area contributed by atoms with E-state index in [1.54, 1.807) is 31.1 Å². The molecule has 3 rings (SSSR count). The van der Waals surface area contributed by atoms with Crippen molar-refractivity contribution < 1.29 is 32.3 Å². The molecule has 0 spiro atoms. The van der Waals surface area contributed by atoms with Crippen molar-refractivity contribution in [3.8, 4) is 0 Å². The minimum atomic E-state index is -4.88. The van der Waals surface area contributed by atoms with E-state index in [0.29, 0.717) is 24.5 Å².